The summed E-state index contributed by atoms with van der Waals surface area (Å²) >= 11 is 7.79. The first-order valence-electron chi connectivity index (χ1n) is 6.63. The van der Waals surface area contributed by atoms with Crippen molar-refractivity contribution in [2.45, 2.75) is 25.7 Å². The molecule has 20 heavy (non-hydrogen) atoms. The van der Waals surface area contributed by atoms with Crippen molar-refractivity contribution < 1.29 is 0 Å². The van der Waals surface area contributed by atoms with Crippen LogP contribution in [0.25, 0.3) is 11.6 Å². The highest BCUT2D eigenvalue weighted by Gasteiger charge is 2.17. The minimum absolute atomic E-state index is 0.595. The van der Waals surface area contributed by atoms with Crippen LogP contribution in [0.1, 0.15) is 34.0 Å². The molecule has 0 N–H and O–H groups in total. The van der Waals surface area contributed by atoms with Gasteiger partial charge in [0.1, 0.15) is 11.1 Å². The molecule has 0 spiro atoms. The summed E-state index contributed by atoms with van der Waals surface area (Å²) in [4.78, 5) is 5.97. The monoisotopic (exact) mass is 300 g/mol. The SMILES string of the molecule is N#C/C(=C\c1ccccc1Cl)c1nc2c(s1)CCCC2. The predicted octanol–water partition coefficient (Wildman–Crippen LogP) is 4.74. The van der Waals surface area contributed by atoms with E-state index < -0.39 is 0 Å². The summed E-state index contributed by atoms with van der Waals surface area (Å²) in [7, 11) is 0. The molecule has 1 aromatic heterocycles. The predicted molar refractivity (Wildman–Crippen MR) is 83.7 cm³/mol. The Bertz CT molecular complexity index is 686. The zero-order valence-corrected chi connectivity index (χ0v) is 12.5. The number of rotatable bonds is 2. The Hall–Kier alpha value is -1.63. The summed E-state index contributed by atoms with van der Waals surface area (Å²) in [6.07, 6.45) is 6.39. The number of aryl methyl sites for hydroxylation is 2. The van der Waals surface area contributed by atoms with Crippen LogP contribution in [0.15, 0.2) is 24.3 Å². The lowest BCUT2D eigenvalue weighted by atomic mass is 10.0. The van der Waals surface area contributed by atoms with E-state index in [1.165, 1.54) is 23.4 Å². The van der Waals surface area contributed by atoms with Gasteiger partial charge >= 0.3 is 0 Å². The van der Waals surface area contributed by atoms with Crippen LogP contribution in [-0.4, -0.2) is 4.98 Å². The first-order valence-corrected chi connectivity index (χ1v) is 7.82. The van der Waals surface area contributed by atoms with Crippen LogP contribution in [0.2, 0.25) is 5.02 Å². The van der Waals surface area contributed by atoms with Gasteiger partial charge in [-0.05, 0) is 43.4 Å². The first-order chi connectivity index (χ1) is 9.78. The van der Waals surface area contributed by atoms with Gasteiger partial charge in [-0.2, -0.15) is 5.26 Å². The molecule has 0 aliphatic heterocycles. The first kappa shape index (κ1) is 13.4. The standard InChI is InChI=1S/C16H13ClN2S/c17-13-6-2-1-5-11(13)9-12(10-18)16-19-14-7-3-4-8-15(14)20-16/h1-2,5-6,9H,3-4,7-8H2/b12-9+. The van der Waals surface area contributed by atoms with Gasteiger partial charge in [0.2, 0.25) is 0 Å². The highest BCUT2D eigenvalue weighted by molar-refractivity contribution is 7.13. The molecule has 1 aromatic carbocycles. The molecule has 0 fully saturated rings. The fourth-order valence-corrected chi connectivity index (χ4v) is 3.66. The highest BCUT2D eigenvalue weighted by Crippen LogP contribution is 2.31. The van der Waals surface area contributed by atoms with Gasteiger partial charge in [0.25, 0.3) is 0 Å². The van der Waals surface area contributed by atoms with E-state index in [4.69, 9.17) is 11.6 Å². The Kier molecular flexibility index (Phi) is 3.86. The van der Waals surface area contributed by atoms with Crippen molar-refractivity contribution in [2.24, 2.45) is 0 Å². The van der Waals surface area contributed by atoms with Crippen molar-refractivity contribution in [3.05, 3.63) is 50.4 Å². The van der Waals surface area contributed by atoms with Crippen molar-refractivity contribution in [1.29, 1.82) is 5.26 Å². The second-order valence-corrected chi connectivity index (χ2v) is 6.28. The fraction of sp³-hybridized carbons (Fsp3) is 0.250. The summed E-state index contributed by atoms with van der Waals surface area (Å²) in [5.74, 6) is 0. The Balaban J connectivity index is 2.00. The summed E-state index contributed by atoms with van der Waals surface area (Å²) < 4.78 is 0. The van der Waals surface area contributed by atoms with Crippen LogP contribution in [0.4, 0.5) is 0 Å². The van der Waals surface area contributed by atoms with Crippen LogP contribution in [0.3, 0.4) is 0 Å². The Morgan fingerprint density at radius 1 is 1.30 bits per heavy atom. The van der Waals surface area contributed by atoms with E-state index >= 15 is 0 Å². The lowest BCUT2D eigenvalue weighted by molar-refractivity contribution is 0.682. The molecule has 100 valence electrons. The summed E-state index contributed by atoms with van der Waals surface area (Å²) in [5, 5.41) is 10.9. The largest absolute Gasteiger partial charge is 0.240 e. The molecule has 2 nitrogen and oxygen atoms in total. The Morgan fingerprint density at radius 3 is 2.85 bits per heavy atom. The van der Waals surface area contributed by atoms with Crippen molar-refractivity contribution in [2.75, 3.05) is 0 Å². The molecule has 2 aromatic rings. The van der Waals surface area contributed by atoms with Gasteiger partial charge in [-0.15, -0.1) is 11.3 Å². The quantitative estimate of drug-likeness (QED) is 0.751. The number of halogens is 1. The number of benzene rings is 1. The molecule has 0 amide bonds. The van der Waals surface area contributed by atoms with Crippen LogP contribution in [0, 0.1) is 11.3 Å². The lowest BCUT2D eigenvalue weighted by Gasteiger charge is -2.06. The molecule has 0 unspecified atom stereocenters. The topological polar surface area (TPSA) is 36.7 Å². The molecule has 1 heterocycles. The minimum atomic E-state index is 0.595. The van der Waals surface area contributed by atoms with Gasteiger partial charge in [0.15, 0.2) is 0 Å². The van der Waals surface area contributed by atoms with Crippen molar-refractivity contribution >= 4 is 34.6 Å². The normalized spacial score (nSPS) is 14.7. The number of nitriles is 1. The molecule has 0 bridgehead atoms. The van der Waals surface area contributed by atoms with Gasteiger partial charge in [-0.3, -0.25) is 0 Å². The third-order valence-corrected chi connectivity index (χ3v) is 4.94. The molecular formula is C16H13ClN2S. The number of nitrogens with zero attached hydrogens (tertiary/aromatic N) is 2. The molecule has 0 radical (unpaired) electrons. The Morgan fingerprint density at radius 2 is 2.10 bits per heavy atom. The molecule has 0 saturated heterocycles. The van der Waals surface area contributed by atoms with Gasteiger partial charge in [-0.25, -0.2) is 4.98 Å². The van der Waals surface area contributed by atoms with E-state index in [0.29, 0.717) is 10.6 Å². The van der Waals surface area contributed by atoms with Gasteiger partial charge in [0.05, 0.1) is 11.3 Å². The van der Waals surface area contributed by atoms with Crippen LogP contribution in [0.5, 0.6) is 0 Å². The minimum Gasteiger partial charge on any atom is -0.240 e. The van der Waals surface area contributed by atoms with Crippen molar-refractivity contribution in [3.63, 3.8) is 0 Å². The zero-order chi connectivity index (χ0) is 13.9. The molecule has 1 aliphatic carbocycles. The van der Waals surface area contributed by atoms with Gasteiger partial charge < -0.3 is 0 Å². The Labute approximate surface area is 127 Å². The van der Waals surface area contributed by atoms with E-state index in [1.807, 2.05) is 30.3 Å². The lowest BCUT2D eigenvalue weighted by Crippen LogP contribution is -1.99. The highest BCUT2D eigenvalue weighted by atomic mass is 35.5. The zero-order valence-electron chi connectivity index (χ0n) is 10.9. The molecule has 3 rings (SSSR count). The second kappa shape index (κ2) is 5.78. The van der Waals surface area contributed by atoms with Crippen molar-refractivity contribution in [1.82, 2.24) is 4.98 Å². The smallest absolute Gasteiger partial charge is 0.134 e. The third-order valence-electron chi connectivity index (χ3n) is 3.40. The van der Waals surface area contributed by atoms with Gasteiger partial charge in [-0.1, -0.05) is 29.8 Å². The van der Waals surface area contributed by atoms with E-state index in [2.05, 4.69) is 11.1 Å². The molecular weight excluding hydrogens is 288 g/mol. The van der Waals surface area contributed by atoms with Crippen molar-refractivity contribution in [3.8, 4) is 6.07 Å². The number of aromatic nitrogens is 1. The average molecular weight is 301 g/mol. The van der Waals surface area contributed by atoms with Crippen LogP contribution < -0.4 is 0 Å². The van der Waals surface area contributed by atoms with E-state index in [-0.39, 0.29) is 0 Å². The van der Waals surface area contributed by atoms with E-state index in [0.717, 1.165) is 23.4 Å². The number of hydrogen-bond donors (Lipinski definition) is 0. The molecule has 0 saturated carbocycles. The van der Waals surface area contributed by atoms with Crippen LogP contribution in [-0.2, 0) is 12.8 Å². The van der Waals surface area contributed by atoms with E-state index in [9.17, 15) is 5.26 Å². The average Bonchev–Trinajstić information content (AvgIpc) is 2.90. The fourth-order valence-electron chi connectivity index (χ4n) is 2.36. The molecule has 4 heteroatoms. The number of thiazole rings is 1. The number of fused-ring (bicyclic) bond motifs is 1. The number of allylic oxidation sites excluding steroid dienone is 1. The number of hydrogen-bond acceptors (Lipinski definition) is 3. The van der Waals surface area contributed by atoms with Crippen LogP contribution >= 0.6 is 22.9 Å². The summed E-state index contributed by atoms with van der Waals surface area (Å²) in [6.45, 7) is 0. The summed E-state index contributed by atoms with van der Waals surface area (Å²) in [6, 6.07) is 9.79. The maximum Gasteiger partial charge on any atom is 0.134 e. The maximum atomic E-state index is 9.40. The molecule has 0 atom stereocenters. The van der Waals surface area contributed by atoms with Gasteiger partial charge in [0, 0.05) is 9.90 Å². The second-order valence-electron chi connectivity index (χ2n) is 4.79. The maximum absolute atomic E-state index is 9.40. The van der Waals surface area contributed by atoms with E-state index in [1.54, 1.807) is 11.3 Å². The molecule has 1 aliphatic rings. The summed E-state index contributed by atoms with van der Waals surface area (Å²) in [5.41, 5.74) is 2.63. The third kappa shape index (κ3) is 2.63.